The fraction of sp³-hybridized carbons (Fsp3) is 0.647. The summed E-state index contributed by atoms with van der Waals surface area (Å²) in [7, 11) is 0. The van der Waals surface area contributed by atoms with Crippen LogP contribution >= 0.6 is 0 Å². The lowest BCUT2D eigenvalue weighted by Gasteiger charge is -2.25. The number of allylic oxidation sites excluding steroid dienone is 3. The molecule has 0 aliphatic carbocycles. The summed E-state index contributed by atoms with van der Waals surface area (Å²) < 4.78 is 0. The molecule has 0 spiro atoms. The van der Waals surface area contributed by atoms with Crippen molar-refractivity contribution in [2.45, 2.75) is 90.9 Å². The van der Waals surface area contributed by atoms with E-state index in [9.17, 15) is 24.6 Å². The number of nitrogens with zero attached hydrogens (tertiary/aromatic N) is 1. The number of carboxylic acids is 2. The van der Waals surface area contributed by atoms with Crippen molar-refractivity contribution in [2.24, 2.45) is 58.1 Å². The molecule has 0 radical (unpaired) electrons. The van der Waals surface area contributed by atoms with Gasteiger partial charge in [0.2, 0.25) is 5.91 Å². The van der Waals surface area contributed by atoms with Crippen molar-refractivity contribution in [2.75, 3.05) is 0 Å². The third-order valence-corrected chi connectivity index (χ3v) is 11.3. The molecular formula is C34H49N5O5. The second-order valence-electron chi connectivity index (χ2n) is 13.7. The molecule has 0 aromatic rings. The first kappa shape index (κ1) is 32.0. The number of nitrogens with two attached hydrogens (primary N) is 1. The highest BCUT2D eigenvalue weighted by Crippen LogP contribution is 2.45. The lowest BCUT2D eigenvalue weighted by Crippen LogP contribution is -2.35. The van der Waals surface area contributed by atoms with Gasteiger partial charge in [0.05, 0.1) is 18.2 Å². The molecule has 10 nitrogen and oxygen atoms in total. The molecule has 3 fully saturated rings. The number of amides is 1. The van der Waals surface area contributed by atoms with Crippen LogP contribution in [0.2, 0.25) is 0 Å². The first-order valence-electron chi connectivity index (χ1n) is 16.3. The SMILES string of the molecule is C=CC1C2/C=C3\NC(CC4N=C(C(CC(=O)O)=C5N/C(=C\C(N2)C1C)[C@H](C)C5CCC(N)=O)C(C(=O)O)C4C)C(CC)C3C. The van der Waals surface area contributed by atoms with Gasteiger partial charge in [-0.1, -0.05) is 47.1 Å². The maximum atomic E-state index is 12.8. The van der Waals surface area contributed by atoms with Crippen molar-refractivity contribution in [3.8, 4) is 0 Å². The van der Waals surface area contributed by atoms with Gasteiger partial charge in [-0.3, -0.25) is 19.4 Å². The Morgan fingerprint density at radius 3 is 2.39 bits per heavy atom. The van der Waals surface area contributed by atoms with Crippen LogP contribution < -0.4 is 21.7 Å². The summed E-state index contributed by atoms with van der Waals surface area (Å²) in [5.74, 6) is -2.91. The van der Waals surface area contributed by atoms with Crippen LogP contribution in [-0.4, -0.2) is 57.9 Å². The number of nitrogens with one attached hydrogen (secondary N) is 3. The van der Waals surface area contributed by atoms with E-state index in [-0.39, 0.29) is 66.6 Å². The highest BCUT2D eigenvalue weighted by Gasteiger charge is 2.48. The van der Waals surface area contributed by atoms with Crippen LogP contribution in [0, 0.1) is 47.3 Å². The molecule has 240 valence electrons. The van der Waals surface area contributed by atoms with Crippen LogP contribution in [-0.2, 0) is 14.4 Å². The van der Waals surface area contributed by atoms with E-state index in [0.29, 0.717) is 41.7 Å². The van der Waals surface area contributed by atoms with Gasteiger partial charge < -0.3 is 31.9 Å². The number of aliphatic carboxylic acids is 2. The molecule has 5 heterocycles. The molecule has 5 aliphatic heterocycles. The van der Waals surface area contributed by atoms with Gasteiger partial charge in [-0.15, -0.1) is 6.58 Å². The van der Waals surface area contributed by atoms with Gasteiger partial charge in [-0.25, -0.2) is 0 Å². The van der Waals surface area contributed by atoms with Crippen molar-refractivity contribution in [3.63, 3.8) is 0 Å². The van der Waals surface area contributed by atoms with Crippen molar-refractivity contribution in [3.05, 3.63) is 47.5 Å². The van der Waals surface area contributed by atoms with Crippen LogP contribution in [0.15, 0.2) is 52.5 Å². The summed E-state index contributed by atoms with van der Waals surface area (Å²) in [4.78, 5) is 42.1. The summed E-state index contributed by atoms with van der Waals surface area (Å²) >= 11 is 0. The molecular weight excluding hydrogens is 558 g/mol. The highest BCUT2D eigenvalue weighted by atomic mass is 16.4. The van der Waals surface area contributed by atoms with Crippen LogP contribution in [0.1, 0.15) is 66.7 Å². The number of carboxylic acid groups (broad SMARTS) is 2. The largest absolute Gasteiger partial charge is 0.481 e. The fourth-order valence-electron chi connectivity index (χ4n) is 8.73. The van der Waals surface area contributed by atoms with E-state index in [1.807, 2.05) is 13.0 Å². The Bertz CT molecular complexity index is 1330. The molecule has 5 aliphatic rings. The molecule has 1 amide bonds. The highest BCUT2D eigenvalue weighted by molar-refractivity contribution is 6.14. The van der Waals surface area contributed by atoms with Crippen LogP contribution in [0.5, 0.6) is 0 Å². The molecule has 44 heavy (non-hydrogen) atoms. The van der Waals surface area contributed by atoms with Crippen molar-refractivity contribution >= 4 is 23.6 Å². The molecule has 7 N–H and O–H groups in total. The number of primary amides is 1. The number of aliphatic imine (C=N–C) groups is 1. The van der Waals surface area contributed by atoms with E-state index in [4.69, 9.17) is 10.7 Å². The monoisotopic (exact) mass is 607 g/mol. The minimum atomic E-state index is -1.06. The summed E-state index contributed by atoms with van der Waals surface area (Å²) in [6, 6.07) is -0.0589. The molecule has 8 bridgehead atoms. The molecule has 10 heteroatoms. The number of fused-ring (bicyclic) bond motifs is 7. The molecule has 3 saturated heterocycles. The fourth-order valence-corrected chi connectivity index (χ4v) is 8.73. The predicted octanol–water partition coefficient (Wildman–Crippen LogP) is 3.58. The average molecular weight is 608 g/mol. The Balaban J connectivity index is 1.71. The Labute approximate surface area is 260 Å². The Morgan fingerprint density at radius 2 is 1.77 bits per heavy atom. The standard InChI is InChI=1S/C34H49N5O5/c1-7-19-15(3)23-12-25-17(5)21(9-10-29(35)40)32(38-25)22(11-30(41)42)33-31(34(43)44)18(6)26(39-33)14-28-20(8-2)16(4)24(37-28)13-27(19)36-23/h7,12-13,15-21,23,26-28,31,36-38H,1,8-11,14H2,2-6H3,(H2,35,40)(H,41,42)(H,43,44)/b24-13-,25-12-,32-22?/t15?,16?,17-,18?,19?,20?,21?,23?,26?,27?,28?,31?/m1/s1. The number of carbonyl (C=O) groups is 3. The van der Waals surface area contributed by atoms with Gasteiger partial charge in [0.15, 0.2) is 0 Å². The van der Waals surface area contributed by atoms with Gasteiger partial charge in [-0.05, 0) is 48.7 Å². The van der Waals surface area contributed by atoms with Gasteiger partial charge in [0.1, 0.15) is 5.92 Å². The van der Waals surface area contributed by atoms with Gasteiger partial charge >= 0.3 is 11.9 Å². The summed E-state index contributed by atoms with van der Waals surface area (Å²) in [5.41, 5.74) is 9.13. The van der Waals surface area contributed by atoms with E-state index < -0.39 is 23.8 Å². The molecule has 0 aromatic carbocycles. The normalized spacial score (nSPS) is 42.0. The topological polar surface area (TPSA) is 166 Å². The smallest absolute Gasteiger partial charge is 0.312 e. The van der Waals surface area contributed by atoms with Crippen molar-refractivity contribution in [1.82, 2.24) is 16.0 Å². The Kier molecular flexibility index (Phi) is 9.12. The number of carbonyl (C=O) groups excluding carboxylic acids is 1. The summed E-state index contributed by atoms with van der Waals surface area (Å²) in [6.07, 6.45) is 8.40. The first-order chi connectivity index (χ1) is 20.9. The zero-order valence-corrected chi connectivity index (χ0v) is 26.5. The Morgan fingerprint density at radius 1 is 1.07 bits per heavy atom. The van der Waals surface area contributed by atoms with E-state index >= 15 is 0 Å². The second kappa shape index (κ2) is 12.5. The van der Waals surface area contributed by atoms with Gasteiger partial charge in [-0.2, -0.15) is 0 Å². The minimum absolute atomic E-state index is 0.0197. The average Bonchev–Trinajstić information content (AvgIpc) is 3.63. The zero-order valence-electron chi connectivity index (χ0n) is 26.5. The molecule has 0 aromatic heterocycles. The maximum absolute atomic E-state index is 12.8. The summed E-state index contributed by atoms with van der Waals surface area (Å²) in [5, 5.41) is 31.8. The lowest BCUT2D eigenvalue weighted by atomic mass is 9.79. The zero-order chi connectivity index (χ0) is 32.0. The maximum Gasteiger partial charge on any atom is 0.312 e. The quantitative estimate of drug-likeness (QED) is 0.228. The van der Waals surface area contributed by atoms with E-state index in [2.05, 4.69) is 62.4 Å². The molecule has 12 atom stereocenters. The number of hydrogen-bond donors (Lipinski definition) is 6. The van der Waals surface area contributed by atoms with Gasteiger partial charge in [0.25, 0.3) is 0 Å². The second-order valence-corrected chi connectivity index (χ2v) is 13.7. The molecule has 5 rings (SSSR count). The van der Waals surface area contributed by atoms with Crippen molar-refractivity contribution in [1.29, 1.82) is 0 Å². The Hall–Kier alpha value is -3.40. The van der Waals surface area contributed by atoms with E-state index in [1.54, 1.807) is 0 Å². The van der Waals surface area contributed by atoms with Crippen LogP contribution in [0.25, 0.3) is 0 Å². The molecule has 11 unspecified atom stereocenters. The predicted molar refractivity (Wildman–Crippen MR) is 169 cm³/mol. The first-order valence-corrected chi connectivity index (χ1v) is 16.3. The number of rotatable bonds is 8. The lowest BCUT2D eigenvalue weighted by molar-refractivity contribution is -0.141. The minimum Gasteiger partial charge on any atom is -0.481 e. The van der Waals surface area contributed by atoms with E-state index in [1.165, 1.54) is 5.70 Å². The third kappa shape index (κ3) is 5.73. The third-order valence-electron chi connectivity index (χ3n) is 11.3. The molecule has 0 saturated carbocycles. The van der Waals surface area contributed by atoms with E-state index in [0.717, 1.165) is 12.1 Å². The van der Waals surface area contributed by atoms with Crippen LogP contribution in [0.4, 0.5) is 0 Å². The van der Waals surface area contributed by atoms with Crippen molar-refractivity contribution < 1.29 is 24.6 Å². The van der Waals surface area contributed by atoms with Gasteiger partial charge in [0, 0.05) is 65.0 Å². The van der Waals surface area contributed by atoms with Crippen LogP contribution in [0.3, 0.4) is 0 Å². The summed E-state index contributed by atoms with van der Waals surface area (Å²) in [6.45, 7) is 14.9. The number of hydrogen-bond acceptors (Lipinski definition) is 7.